The molecule has 0 aliphatic rings. The van der Waals surface area contributed by atoms with Crippen LogP contribution in [-0.4, -0.2) is 18.6 Å². The minimum atomic E-state index is 0.652. The first-order chi connectivity index (χ1) is 6.72. The second kappa shape index (κ2) is 5.40. The van der Waals surface area contributed by atoms with Crippen LogP contribution < -0.4 is 10.1 Å². The molecular formula is C11H16N2O. The Labute approximate surface area is 84.8 Å². The number of nitrogens with one attached hydrogen (secondary N) is 1. The number of nitrogens with zero attached hydrogens (tertiary/aromatic N) is 1. The van der Waals surface area contributed by atoms with E-state index in [0.717, 1.165) is 24.2 Å². The van der Waals surface area contributed by atoms with Gasteiger partial charge in [-0.05, 0) is 18.6 Å². The van der Waals surface area contributed by atoms with Gasteiger partial charge in [0.2, 0.25) is 5.88 Å². The quantitative estimate of drug-likeness (QED) is 0.722. The summed E-state index contributed by atoms with van der Waals surface area (Å²) in [6.07, 6.45) is 1.75. The van der Waals surface area contributed by atoms with Crippen molar-refractivity contribution < 1.29 is 4.74 Å². The van der Waals surface area contributed by atoms with Gasteiger partial charge in [-0.1, -0.05) is 12.2 Å². The first-order valence-electron chi connectivity index (χ1n) is 4.56. The minimum Gasteiger partial charge on any atom is -0.481 e. The lowest BCUT2D eigenvalue weighted by Crippen LogP contribution is -2.15. The largest absolute Gasteiger partial charge is 0.481 e. The molecule has 0 saturated heterocycles. The fourth-order valence-electron chi connectivity index (χ4n) is 1.09. The smallest absolute Gasteiger partial charge is 0.213 e. The number of pyridine rings is 1. The van der Waals surface area contributed by atoms with Gasteiger partial charge in [-0.15, -0.1) is 0 Å². The average Bonchev–Trinajstić information content (AvgIpc) is 2.18. The van der Waals surface area contributed by atoms with E-state index in [0.29, 0.717) is 5.88 Å². The minimum absolute atomic E-state index is 0.652. The van der Waals surface area contributed by atoms with Crippen LogP contribution in [0.3, 0.4) is 0 Å². The first kappa shape index (κ1) is 10.7. The number of hydrogen-bond donors (Lipinski definition) is 1. The number of methoxy groups -OCH3 is 1. The highest BCUT2D eigenvalue weighted by molar-refractivity contribution is 5.20. The monoisotopic (exact) mass is 192 g/mol. The Morgan fingerprint density at radius 2 is 2.43 bits per heavy atom. The molecule has 1 rings (SSSR count). The predicted molar refractivity (Wildman–Crippen MR) is 57.3 cm³/mol. The summed E-state index contributed by atoms with van der Waals surface area (Å²) in [6.45, 7) is 7.47. The summed E-state index contributed by atoms with van der Waals surface area (Å²) >= 11 is 0. The second-order valence-corrected chi connectivity index (χ2v) is 3.27. The van der Waals surface area contributed by atoms with Crippen molar-refractivity contribution in [1.29, 1.82) is 0 Å². The maximum Gasteiger partial charge on any atom is 0.213 e. The highest BCUT2D eigenvalue weighted by Crippen LogP contribution is 2.07. The number of aromatic nitrogens is 1. The molecule has 0 fully saturated rings. The molecule has 0 spiro atoms. The van der Waals surface area contributed by atoms with Crippen LogP contribution in [0.2, 0.25) is 0 Å². The zero-order valence-electron chi connectivity index (χ0n) is 8.71. The van der Waals surface area contributed by atoms with Gasteiger partial charge < -0.3 is 10.1 Å². The summed E-state index contributed by atoms with van der Waals surface area (Å²) in [6, 6.07) is 3.89. The Morgan fingerprint density at radius 1 is 1.64 bits per heavy atom. The first-order valence-corrected chi connectivity index (χ1v) is 4.56. The maximum absolute atomic E-state index is 5.03. The van der Waals surface area contributed by atoms with Crippen molar-refractivity contribution in [2.24, 2.45) is 0 Å². The summed E-state index contributed by atoms with van der Waals surface area (Å²) in [5.74, 6) is 0.652. The molecule has 3 nitrogen and oxygen atoms in total. The third-order valence-electron chi connectivity index (χ3n) is 1.76. The van der Waals surface area contributed by atoms with Crippen molar-refractivity contribution in [3.63, 3.8) is 0 Å². The molecule has 14 heavy (non-hydrogen) atoms. The van der Waals surface area contributed by atoms with Gasteiger partial charge in [0.05, 0.1) is 7.11 Å². The van der Waals surface area contributed by atoms with Crippen molar-refractivity contribution in [3.8, 4) is 5.88 Å². The van der Waals surface area contributed by atoms with Gasteiger partial charge in [-0.3, -0.25) is 0 Å². The Kier molecular flexibility index (Phi) is 4.13. The lowest BCUT2D eigenvalue weighted by atomic mass is 10.2. The fraction of sp³-hybridized carbons (Fsp3) is 0.364. The summed E-state index contributed by atoms with van der Waals surface area (Å²) in [4.78, 5) is 4.03. The fourth-order valence-corrected chi connectivity index (χ4v) is 1.09. The number of hydrogen-bond acceptors (Lipinski definition) is 3. The lowest BCUT2D eigenvalue weighted by Gasteiger charge is -2.05. The van der Waals surface area contributed by atoms with E-state index in [1.54, 1.807) is 13.3 Å². The maximum atomic E-state index is 5.03. The zero-order valence-corrected chi connectivity index (χ0v) is 8.71. The molecule has 1 heterocycles. The lowest BCUT2D eigenvalue weighted by molar-refractivity contribution is 0.397. The van der Waals surface area contributed by atoms with Crippen molar-refractivity contribution in [2.45, 2.75) is 13.5 Å². The Morgan fingerprint density at radius 3 is 3.07 bits per heavy atom. The van der Waals surface area contributed by atoms with E-state index in [-0.39, 0.29) is 0 Å². The summed E-state index contributed by atoms with van der Waals surface area (Å²) in [5.41, 5.74) is 2.30. The topological polar surface area (TPSA) is 34.2 Å². The van der Waals surface area contributed by atoms with Crippen molar-refractivity contribution in [1.82, 2.24) is 10.3 Å². The van der Waals surface area contributed by atoms with Gasteiger partial charge in [-0.2, -0.15) is 0 Å². The number of rotatable bonds is 5. The van der Waals surface area contributed by atoms with E-state index < -0.39 is 0 Å². The molecular weight excluding hydrogens is 176 g/mol. The van der Waals surface area contributed by atoms with E-state index >= 15 is 0 Å². The molecule has 76 valence electrons. The molecule has 0 radical (unpaired) electrons. The van der Waals surface area contributed by atoms with E-state index in [1.165, 1.54) is 0 Å². The van der Waals surface area contributed by atoms with Crippen LogP contribution in [0, 0.1) is 0 Å². The standard InChI is InChI=1S/C11H16N2O/c1-9(2)7-12-8-10-4-5-13-11(6-10)14-3/h4-6,12H,1,7-8H2,2-3H3. The van der Waals surface area contributed by atoms with Gasteiger partial charge in [0, 0.05) is 25.4 Å². The third kappa shape index (κ3) is 3.58. The molecule has 0 aliphatic heterocycles. The molecule has 0 bridgehead atoms. The normalized spacial score (nSPS) is 9.86. The predicted octanol–water partition coefficient (Wildman–Crippen LogP) is 1.76. The average molecular weight is 192 g/mol. The van der Waals surface area contributed by atoms with Gasteiger partial charge in [-0.25, -0.2) is 4.98 Å². The van der Waals surface area contributed by atoms with Crippen LogP contribution in [0.15, 0.2) is 30.5 Å². The van der Waals surface area contributed by atoms with Crippen LogP contribution in [0.1, 0.15) is 12.5 Å². The van der Waals surface area contributed by atoms with Crippen LogP contribution in [0.25, 0.3) is 0 Å². The Hall–Kier alpha value is -1.35. The molecule has 3 heteroatoms. The number of ether oxygens (including phenoxy) is 1. The molecule has 1 N–H and O–H groups in total. The van der Waals surface area contributed by atoms with Crippen LogP contribution >= 0.6 is 0 Å². The highest BCUT2D eigenvalue weighted by atomic mass is 16.5. The van der Waals surface area contributed by atoms with Crippen molar-refractivity contribution >= 4 is 0 Å². The molecule has 0 unspecified atom stereocenters. The molecule has 0 saturated carbocycles. The van der Waals surface area contributed by atoms with Crippen LogP contribution in [0.4, 0.5) is 0 Å². The SMILES string of the molecule is C=C(C)CNCc1ccnc(OC)c1. The second-order valence-electron chi connectivity index (χ2n) is 3.27. The highest BCUT2D eigenvalue weighted by Gasteiger charge is 1.96. The van der Waals surface area contributed by atoms with Crippen LogP contribution in [-0.2, 0) is 6.54 Å². The third-order valence-corrected chi connectivity index (χ3v) is 1.76. The van der Waals surface area contributed by atoms with E-state index in [2.05, 4.69) is 16.9 Å². The molecule has 0 aliphatic carbocycles. The van der Waals surface area contributed by atoms with E-state index in [4.69, 9.17) is 4.74 Å². The van der Waals surface area contributed by atoms with Gasteiger partial charge >= 0.3 is 0 Å². The van der Waals surface area contributed by atoms with Crippen LogP contribution in [0.5, 0.6) is 5.88 Å². The molecule has 1 aromatic heterocycles. The van der Waals surface area contributed by atoms with E-state index in [1.807, 2.05) is 19.1 Å². The van der Waals surface area contributed by atoms with Gasteiger partial charge in [0.15, 0.2) is 0 Å². The molecule has 0 aromatic carbocycles. The summed E-state index contributed by atoms with van der Waals surface area (Å²) in [7, 11) is 1.62. The Balaban J connectivity index is 2.46. The molecule has 0 atom stereocenters. The summed E-state index contributed by atoms with van der Waals surface area (Å²) < 4.78 is 5.03. The molecule has 0 amide bonds. The van der Waals surface area contributed by atoms with Gasteiger partial charge in [0.25, 0.3) is 0 Å². The zero-order chi connectivity index (χ0) is 10.4. The van der Waals surface area contributed by atoms with E-state index in [9.17, 15) is 0 Å². The van der Waals surface area contributed by atoms with Crippen molar-refractivity contribution in [3.05, 3.63) is 36.0 Å². The van der Waals surface area contributed by atoms with Gasteiger partial charge in [0.1, 0.15) is 0 Å². The molecule has 1 aromatic rings. The van der Waals surface area contributed by atoms with Crippen molar-refractivity contribution in [2.75, 3.05) is 13.7 Å². The Bertz CT molecular complexity index is 310. The summed E-state index contributed by atoms with van der Waals surface area (Å²) in [5, 5.41) is 3.27.